The maximum Gasteiger partial charge on any atom is 0.241 e. The minimum atomic E-state index is -0.522. The van der Waals surface area contributed by atoms with Gasteiger partial charge in [0, 0.05) is 45.6 Å². The molecule has 136 valence electrons. The zero-order chi connectivity index (χ0) is 18.0. The molecule has 0 unspecified atom stereocenters. The number of fused-ring (bicyclic) bond motifs is 1. The number of nitrogens with one attached hydrogen (secondary N) is 2. The van der Waals surface area contributed by atoms with Crippen molar-refractivity contribution in [2.45, 2.75) is 24.9 Å². The van der Waals surface area contributed by atoms with E-state index in [0.717, 1.165) is 44.6 Å². The van der Waals surface area contributed by atoms with Crippen LogP contribution in [0.15, 0.2) is 48.5 Å². The van der Waals surface area contributed by atoms with Crippen molar-refractivity contribution < 1.29 is 9.18 Å². The molecule has 1 fully saturated rings. The second kappa shape index (κ2) is 7.17. The van der Waals surface area contributed by atoms with Gasteiger partial charge in [0.15, 0.2) is 0 Å². The van der Waals surface area contributed by atoms with Crippen LogP contribution in [0.3, 0.4) is 0 Å². The smallest absolute Gasteiger partial charge is 0.241 e. The second-order valence-corrected chi connectivity index (χ2v) is 7.20. The first-order valence-corrected chi connectivity index (χ1v) is 9.23. The Balaban J connectivity index is 1.55. The van der Waals surface area contributed by atoms with E-state index >= 15 is 0 Å². The van der Waals surface area contributed by atoms with Crippen molar-refractivity contribution in [3.8, 4) is 0 Å². The third-order valence-electron chi connectivity index (χ3n) is 5.60. The SMILES string of the molecule is O=C(NCc1ccc(F)cc1)C1(N2CCNCC2)Cc2ccccc2C1. The Morgan fingerprint density at radius 3 is 2.27 bits per heavy atom. The first-order valence-electron chi connectivity index (χ1n) is 9.23. The number of hydrogen-bond donors (Lipinski definition) is 2. The van der Waals surface area contributed by atoms with Crippen molar-refractivity contribution in [1.82, 2.24) is 15.5 Å². The molecule has 0 saturated carbocycles. The van der Waals surface area contributed by atoms with Gasteiger partial charge in [0.2, 0.25) is 5.91 Å². The van der Waals surface area contributed by atoms with Crippen LogP contribution in [0.4, 0.5) is 4.39 Å². The molecule has 0 atom stereocenters. The van der Waals surface area contributed by atoms with E-state index in [0.29, 0.717) is 6.54 Å². The summed E-state index contributed by atoms with van der Waals surface area (Å²) in [6.07, 6.45) is 1.50. The van der Waals surface area contributed by atoms with E-state index in [9.17, 15) is 9.18 Å². The maximum absolute atomic E-state index is 13.3. The predicted molar refractivity (Wildman–Crippen MR) is 99.3 cm³/mol. The molecule has 1 amide bonds. The lowest BCUT2D eigenvalue weighted by Crippen LogP contribution is -2.63. The van der Waals surface area contributed by atoms with Gasteiger partial charge in [-0.3, -0.25) is 9.69 Å². The summed E-state index contributed by atoms with van der Waals surface area (Å²) >= 11 is 0. The minimum Gasteiger partial charge on any atom is -0.350 e. The van der Waals surface area contributed by atoms with Crippen LogP contribution in [0, 0.1) is 5.82 Å². The van der Waals surface area contributed by atoms with Gasteiger partial charge in [-0.1, -0.05) is 36.4 Å². The molecule has 4 rings (SSSR count). The van der Waals surface area contributed by atoms with Crippen molar-refractivity contribution in [3.63, 3.8) is 0 Å². The quantitative estimate of drug-likeness (QED) is 0.882. The van der Waals surface area contributed by atoms with Gasteiger partial charge in [0.1, 0.15) is 11.4 Å². The first-order chi connectivity index (χ1) is 12.7. The molecule has 0 aromatic heterocycles. The van der Waals surface area contributed by atoms with Gasteiger partial charge in [0.05, 0.1) is 0 Å². The van der Waals surface area contributed by atoms with Gasteiger partial charge in [-0.15, -0.1) is 0 Å². The Bertz CT molecular complexity index is 759. The average Bonchev–Trinajstić information content (AvgIpc) is 3.09. The Kier molecular flexibility index (Phi) is 4.74. The van der Waals surface area contributed by atoms with Gasteiger partial charge >= 0.3 is 0 Å². The number of carbonyl (C=O) groups is 1. The molecule has 0 radical (unpaired) electrons. The molecule has 0 bridgehead atoms. The molecule has 5 heteroatoms. The van der Waals surface area contributed by atoms with Crippen LogP contribution < -0.4 is 10.6 Å². The summed E-state index contributed by atoms with van der Waals surface area (Å²) in [5.41, 5.74) is 2.92. The van der Waals surface area contributed by atoms with Gasteiger partial charge in [-0.25, -0.2) is 4.39 Å². The molecule has 2 aromatic carbocycles. The third kappa shape index (κ3) is 3.24. The highest BCUT2D eigenvalue weighted by Gasteiger charge is 2.48. The van der Waals surface area contributed by atoms with Crippen LogP contribution in [0.5, 0.6) is 0 Å². The van der Waals surface area contributed by atoms with Gasteiger partial charge in [-0.05, 0) is 28.8 Å². The van der Waals surface area contributed by atoms with E-state index in [4.69, 9.17) is 0 Å². The van der Waals surface area contributed by atoms with E-state index in [1.807, 2.05) is 12.1 Å². The maximum atomic E-state index is 13.3. The van der Waals surface area contributed by atoms with Gasteiger partial charge in [0.25, 0.3) is 0 Å². The Hall–Kier alpha value is -2.24. The summed E-state index contributed by atoms with van der Waals surface area (Å²) in [6, 6.07) is 14.6. The minimum absolute atomic E-state index is 0.0694. The van der Waals surface area contributed by atoms with E-state index < -0.39 is 5.54 Å². The van der Waals surface area contributed by atoms with Gasteiger partial charge in [-0.2, -0.15) is 0 Å². The standard InChI is InChI=1S/C21H24FN3O/c22-19-7-5-16(6-8-19)15-24-20(26)21(25-11-9-23-10-12-25)13-17-3-1-2-4-18(17)14-21/h1-8,23H,9-15H2,(H,24,26). The molecule has 1 aliphatic carbocycles. The number of benzene rings is 2. The molecule has 2 aliphatic rings. The number of piperazine rings is 1. The van der Waals surface area contributed by atoms with Crippen molar-refractivity contribution in [3.05, 3.63) is 71.0 Å². The average molecular weight is 353 g/mol. The first kappa shape index (κ1) is 17.2. The van der Waals surface area contributed by atoms with E-state index in [1.54, 1.807) is 12.1 Å². The normalized spacial score (nSPS) is 19.1. The summed E-state index contributed by atoms with van der Waals surface area (Å²) in [5, 5.41) is 6.48. The molecule has 1 heterocycles. The van der Waals surface area contributed by atoms with E-state index in [1.165, 1.54) is 23.3 Å². The number of amides is 1. The molecule has 4 nitrogen and oxygen atoms in total. The highest BCUT2D eigenvalue weighted by molar-refractivity contribution is 5.88. The summed E-state index contributed by atoms with van der Waals surface area (Å²) in [5.74, 6) is -0.191. The zero-order valence-corrected chi connectivity index (χ0v) is 14.8. The fraction of sp³-hybridized carbons (Fsp3) is 0.381. The fourth-order valence-corrected chi connectivity index (χ4v) is 4.16. The van der Waals surface area contributed by atoms with Crippen molar-refractivity contribution in [2.24, 2.45) is 0 Å². The molecular formula is C21H24FN3O. The third-order valence-corrected chi connectivity index (χ3v) is 5.60. The van der Waals surface area contributed by atoms with Crippen LogP contribution in [0.2, 0.25) is 0 Å². The van der Waals surface area contributed by atoms with Crippen molar-refractivity contribution >= 4 is 5.91 Å². The predicted octanol–water partition coefficient (Wildman–Crippen LogP) is 1.88. The Morgan fingerprint density at radius 2 is 1.65 bits per heavy atom. The van der Waals surface area contributed by atoms with Crippen LogP contribution in [-0.2, 0) is 24.2 Å². The molecular weight excluding hydrogens is 329 g/mol. The number of hydrogen-bond acceptors (Lipinski definition) is 3. The number of halogens is 1. The Labute approximate surface area is 153 Å². The van der Waals surface area contributed by atoms with E-state index in [-0.39, 0.29) is 11.7 Å². The summed E-state index contributed by atoms with van der Waals surface area (Å²) in [4.78, 5) is 15.7. The highest BCUT2D eigenvalue weighted by atomic mass is 19.1. The molecule has 2 aromatic rings. The van der Waals surface area contributed by atoms with Crippen molar-refractivity contribution in [2.75, 3.05) is 26.2 Å². The molecule has 26 heavy (non-hydrogen) atoms. The topological polar surface area (TPSA) is 44.4 Å². The summed E-state index contributed by atoms with van der Waals surface area (Å²) in [6.45, 7) is 3.98. The number of rotatable bonds is 4. The van der Waals surface area contributed by atoms with Crippen LogP contribution >= 0.6 is 0 Å². The lowest BCUT2D eigenvalue weighted by atomic mass is 9.91. The van der Waals surface area contributed by atoms with Crippen LogP contribution in [-0.4, -0.2) is 42.5 Å². The highest BCUT2D eigenvalue weighted by Crippen LogP contribution is 2.35. The number of carbonyl (C=O) groups excluding carboxylic acids is 1. The number of nitrogens with zero attached hydrogens (tertiary/aromatic N) is 1. The van der Waals surface area contributed by atoms with E-state index in [2.05, 4.69) is 27.7 Å². The fourth-order valence-electron chi connectivity index (χ4n) is 4.16. The second-order valence-electron chi connectivity index (χ2n) is 7.20. The molecule has 0 spiro atoms. The van der Waals surface area contributed by atoms with Crippen LogP contribution in [0.25, 0.3) is 0 Å². The van der Waals surface area contributed by atoms with Gasteiger partial charge < -0.3 is 10.6 Å². The molecule has 2 N–H and O–H groups in total. The molecule has 1 saturated heterocycles. The Morgan fingerprint density at radius 1 is 1.04 bits per heavy atom. The summed E-state index contributed by atoms with van der Waals surface area (Å²) < 4.78 is 13.1. The zero-order valence-electron chi connectivity index (χ0n) is 14.8. The monoisotopic (exact) mass is 353 g/mol. The molecule has 1 aliphatic heterocycles. The summed E-state index contributed by atoms with van der Waals surface area (Å²) in [7, 11) is 0. The lowest BCUT2D eigenvalue weighted by molar-refractivity contribution is -0.134. The van der Waals surface area contributed by atoms with Crippen molar-refractivity contribution in [1.29, 1.82) is 0 Å². The van der Waals surface area contributed by atoms with Crippen LogP contribution in [0.1, 0.15) is 16.7 Å². The lowest BCUT2D eigenvalue weighted by Gasteiger charge is -2.42. The largest absolute Gasteiger partial charge is 0.350 e.